The van der Waals surface area contributed by atoms with Gasteiger partial charge in [-0.25, -0.2) is 4.98 Å². The van der Waals surface area contributed by atoms with Crippen LogP contribution < -0.4 is 10.1 Å². The number of hydrogen-bond acceptors (Lipinski definition) is 4. The van der Waals surface area contributed by atoms with E-state index in [1.54, 1.807) is 18.6 Å². The number of carbonyl (C=O) groups excluding carboxylic acids is 1. The molecule has 0 spiro atoms. The fourth-order valence-corrected chi connectivity index (χ4v) is 2.73. The summed E-state index contributed by atoms with van der Waals surface area (Å²) in [5, 5.41) is 2.81. The molecule has 1 aromatic heterocycles. The van der Waals surface area contributed by atoms with Crippen LogP contribution in [0.1, 0.15) is 39.0 Å². The van der Waals surface area contributed by atoms with Gasteiger partial charge < -0.3 is 19.4 Å². The summed E-state index contributed by atoms with van der Waals surface area (Å²) in [6.07, 6.45) is 3.51. The minimum atomic E-state index is -0.210. The van der Waals surface area contributed by atoms with Crippen molar-refractivity contribution >= 4 is 11.6 Å². The first-order valence-corrected chi connectivity index (χ1v) is 10.00. The van der Waals surface area contributed by atoms with Gasteiger partial charge in [0.1, 0.15) is 18.1 Å². The van der Waals surface area contributed by atoms with Gasteiger partial charge in [-0.15, -0.1) is 0 Å². The summed E-state index contributed by atoms with van der Waals surface area (Å²) >= 11 is 0. The Bertz CT molecular complexity index is 906. The van der Waals surface area contributed by atoms with Crippen LogP contribution in [0.2, 0.25) is 0 Å². The quantitative estimate of drug-likeness (QED) is 0.565. The predicted molar refractivity (Wildman–Crippen MR) is 115 cm³/mol. The van der Waals surface area contributed by atoms with Gasteiger partial charge in [0.25, 0.3) is 0 Å². The third-order valence-corrected chi connectivity index (χ3v) is 3.89. The van der Waals surface area contributed by atoms with E-state index in [0.29, 0.717) is 24.6 Å². The van der Waals surface area contributed by atoms with E-state index in [9.17, 15) is 4.79 Å². The molecule has 1 aliphatic rings. The lowest BCUT2D eigenvalue weighted by Gasteiger charge is -2.10. The number of rotatable bonds is 0. The van der Waals surface area contributed by atoms with Gasteiger partial charge in [0.15, 0.2) is 0 Å². The Balaban J connectivity index is 0.000000707. The molecule has 3 aromatic rings. The maximum Gasteiger partial charge on any atom is 0.250 e. The summed E-state index contributed by atoms with van der Waals surface area (Å²) in [5.41, 5.74) is 2.67. The van der Waals surface area contributed by atoms with Crippen LogP contribution in [0.5, 0.6) is 11.5 Å². The molecule has 0 aliphatic carbocycles. The normalized spacial score (nSPS) is 12.9. The second-order valence-electron chi connectivity index (χ2n) is 5.83. The Labute approximate surface area is 172 Å². The number of hydrogen-bond donors (Lipinski definition) is 1. The molecule has 0 atom stereocenters. The highest BCUT2D eigenvalue weighted by Crippen LogP contribution is 2.25. The smallest absolute Gasteiger partial charge is 0.250 e. The monoisotopic (exact) mass is 395 g/mol. The van der Waals surface area contributed by atoms with E-state index in [4.69, 9.17) is 9.47 Å². The molecule has 1 N–H and O–H groups in total. The van der Waals surface area contributed by atoms with E-state index < -0.39 is 0 Å². The summed E-state index contributed by atoms with van der Waals surface area (Å²) in [6, 6.07) is 15.2. The minimum Gasteiger partial charge on any atom is -0.457 e. The molecular formula is C23H29N3O3. The van der Waals surface area contributed by atoms with Crippen LogP contribution in [0.3, 0.4) is 0 Å². The summed E-state index contributed by atoms with van der Waals surface area (Å²) in [5.74, 6) is 1.20. The topological polar surface area (TPSA) is 65.4 Å². The largest absolute Gasteiger partial charge is 0.457 e. The zero-order chi connectivity index (χ0) is 21.1. The highest BCUT2D eigenvalue weighted by atomic mass is 16.5. The molecule has 2 aromatic carbocycles. The van der Waals surface area contributed by atoms with Gasteiger partial charge in [-0.3, -0.25) is 4.79 Å². The van der Waals surface area contributed by atoms with Gasteiger partial charge in [0.05, 0.1) is 24.8 Å². The van der Waals surface area contributed by atoms with E-state index >= 15 is 0 Å². The lowest BCUT2D eigenvalue weighted by atomic mass is 10.2. The van der Waals surface area contributed by atoms with Crippen molar-refractivity contribution in [2.75, 3.05) is 11.9 Å². The fourth-order valence-electron chi connectivity index (χ4n) is 2.73. The maximum atomic E-state index is 12.0. The van der Waals surface area contributed by atoms with Crippen LogP contribution in [-0.4, -0.2) is 22.1 Å². The van der Waals surface area contributed by atoms with E-state index in [-0.39, 0.29) is 12.5 Å². The van der Waals surface area contributed by atoms with Crippen molar-refractivity contribution in [2.45, 2.75) is 40.8 Å². The van der Waals surface area contributed by atoms with Crippen LogP contribution in [0.4, 0.5) is 5.69 Å². The molecule has 4 bridgehead atoms. The summed E-state index contributed by atoms with van der Waals surface area (Å²) in [4.78, 5) is 16.2. The highest BCUT2D eigenvalue weighted by Gasteiger charge is 2.09. The predicted octanol–water partition coefficient (Wildman–Crippen LogP) is 5.24. The van der Waals surface area contributed by atoms with Gasteiger partial charge in [-0.05, 0) is 29.8 Å². The number of ether oxygens (including phenoxy) is 2. The molecule has 2 heterocycles. The zero-order valence-electron chi connectivity index (χ0n) is 17.5. The number of imidazole rings is 1. The molecule has 1 amide bonds. The lowest BCUT2D eigenvalue weighted by molar-refractivity contribution is -0.121. The number of nitrogens with zero attached hydrogens (tertiary/aromatic N) is 2. The minimum absolute atomic E-state index is 0.0238. The van der Waals surface area contributed by atoms with E-state index in [0.717, 1.165) is 17.0 Å². The number of benzene rings is 2. The first-order chi connectivity index (χ1) is 14.3. The summed E-state index contributed by atoms with van der Waals surface area (Å²) in [7, 11) is 0. The van der Waals surface area contributed by atoms with Crippen molar-refractivity contribution in [2.24, 2.45) is 0 Å². The van der Waals surface area contributed by atoms with E-state index in [2.05, 4.69) is 10.3 Å². The molecule has 0 saturated carbocycles. The van der Waals surface area contributed by atoms with Crippen LogP contribution >= 0.6 is 0 Å². The van der Waals surface area contributed by atoms with Crippen LogP contribution in [0.15, 0.2) is 61.1 Å². The zero-order valence-corrected chi connectivity index (χ0v) is 17.5. The average molecular weight is 396 g/mol. The Hall–Kier alpha value is -3.12. The lowest BCUT2D eigenvalue weighted by Crippen LogP contribution is -2.18. The first kappa shape index (κ1) is 22.2. The Morgan fingerprint density at radius 1 is 0.966 bits per heavy atom. The van der Waals surface area contributed by atoms with Gasteiger partial charge in [0, 0.05) is 18.3 Å². The van der Waals surface area contributed by atoms with Crippen LogP contribution in [0, 0.1) is 0 Å². The third kappa shape index (κ3) is 6.47. The molecule has 6 heteroatoms. The standard InChI is InChI=1S/C19H17N3O3.2C2H6/c23-19-12-24-11-16-9-20-13-22(16)10-14-3-1-5-17(7-14)25-18-6-2-4-15(8-18)21-19;2*1-2/h1-9,13H,10-12H2,(H,21,23);2*1-2H3. The van der Waals surface area contributed by atoms with Crippen molar-refractivity contribution < 1.29 is 14.3 Å². The fraction of sp³-hybridized carbons (Fsp3) is 0.304. The van der Waals surface area contributed by atoms with Gasteiger partial charge >= 0.3 is 0 Å². The van der Waals surface area contributed by atoms with Gasteiger partial charge in [-0.1, -0.05) is 45.9 Å². The van der Waals surface area contributed by atoms with Crippen LogP contribution in [-0.2, 0) is 22.7 Å². The number of anilines is 1. The number of amides is 1. The Morgan fingerprint density at radius 3 is 2.48 bits per heavy atom. The van der Waals surface area contributed by atoms with Gasteiger partial charge in [0.2, 0.25) is 5.91 Å². The molecule has 6 nitrogen and oxygen atoms in total. The summed E-state index contributed by atoms with van der Waals surface area (Å²) in [6.45, 7) is 8.95. The Kier molecular flexibility index (Phi) is 8.92. The molecule has 0 unspecified atom stereocenters. The molecule has 0 saturated heterocycles. The molecule has 0 fully saturated rings. The van der Waals surface area contributed by atoms with E-state index in [1.165, 1.54) is 0 Å². The molecule has 29 heavy (non-hydrogen) atoms. The number of carbonyl (C=O) groups is 1. The van der Waals surface area contributed by atoms with Crippen molar-refractivity contribution in [1.29, 1.82) is 0 Å². The third-order valence-electron chi connectivity index (χ3n) is 3.89. The number of aromatic nitrogens is 2. The molecular weight excluding hydrogens is 366 g/mol. The number of fused-ring (bicyclic) bond motifs is 5. The summed E-state index contributed by atoms with van der Waals surface area (Å²) < 4.78 is 13.5. The van der Waals surface area contributed by atoms with Crippen molar-refractivity contribution in [3.8, 4) is 11.5 Å². The molecule has 4 rings (SSSR count). The molecule has 0 radical (unpaired) electrons. The van der Waals surface area contributed by atoms with Crippen LogP contribution in [0.25, 0.3) is 0 Å². The number of nitrogens with one attached hydrogen (secondary N) is 1. The maximum absolute atomic E-state index is 12.0. The average Bonchev–Trinajstić information content (AvgIpc) is 3.18. The SMILES string of the molecule is CC.CC.O=C1COCc2cncn2Cc2cccc(c2)Oc2cccc(c2)N1. The second kappa shape index (κ2) is 11.7. The van der Waals surface area contributed by atoms with E-state index in [1.807, 2.05) is 74.7 Å². The van der Waals surface area contributed by atoms with Crippen molar-refractivity contribution in [1.82, 2.24) is 9.55 Å². The molecule has 154 valence electrons. The van der Waals surface area contributed by atoms with Gasteiger partial charge in [-0.2, -0.15) is 0 Å². The van der Waals surface area contributed by atoms with Crippen molar-refractivity contribution in [3.05, 3.63) is 72.3 Å². The Morgan fingerprint density at radius 2 is 1.69 bits per heavy atom. The second-order valence-corrected chi connectivity index (χ2v) is 5.83. The first-order valence-electron chi connectivity index (χ1n) is 10.00. The highest BCUT2D eigenvalue weighted by molar-refractivity contribution is 5.91. The molecule has 1 aliphatic heterocycles. The van der Waals surface area contributed by atoms with Crippen molar-refractivity contribution in [3.63, 3.8) is 0 Å².